The van der Waals surface area contributed by atoms with Crippen molar-refractivity contribution in [1.29, 1.82) is 0 Å². The van der Waals surface area contributed by atoms with E-state index in [1.807, 2.05) is 43.9 Å². The summed E-state index contributed by atoms with van der Waals surface area (Å²) in [4.78, 5) is 28.9. The molecule has 1 aromatic carbocycles. The Hall–Kier alpha value is -1.88. The number of nitrogens with one attached hydrogen (secondary N) is 1. The monoisotopic (exact) mass is 359 g/mol. The lowest BCUT2D eigenvalue weighted by atomic mass is 9.94. The summed E-state index contributed by atoms with van der Waals surface area (Å²) in [5.41, 5.74) is 0.811. The van der Waals surface area contributed by atoms with Gasteiger partial charge in [0.2, 0.25) is 11.8 Å². The Morgan fingerprint density at radius 3 is 2.23 bits per heavy atom. The molecule has 26 heavy (non-hydrogen) atoms. The molecule has 0 aromatic heterocycles. The highest BCUT2D eigenvalue weighted by Gasteiger charge is 2.30. The molecule has 1 heterocycles. The third-order valence-corrected chi connectivity index (χ3v) is 4.78. The Morgan fingerprint density at radius 2 is 1.69 bits per heavy atom. The zero-order valence-electron chi connectivity index (χ0n) is 16.6. The van der Waals surface area contributed by atoms with Crippen LogP contribution in [0.25, 0.3) is 0 Å². The van der Waals surface area contributed by atoms with E-state index in [4.69, 9.17) is 0 Å². The Kier molecular flexibility index (Phi) is 7.21. The maximum absolute atomic E-state index is 12.5. The first-order valence-electron chi connectivity index (χ1n) is 9.67. The van der Waals surface area contributed by atoms with E-state index in [1.54, 1.807) is 0 Å². The molecule has 1 fully saturated rings. The van der Waals surface area contributed by atoms with E-state index in [-0.39, 0.29) is 23.3 Å². The van der Waals surface area contributed by atoms with Crippen molar-refractivity contribution in [2.75, 3.05) is 32.7 Å². The van der Waals surface area contributed by atoms with Crippen LogP contribution in [0.5, 0.6) is 0 Å². The van der Waals surface area contributed by atoms with Crippen LogP contribution in [0.1, 0.15) is 52.1 Å². The average Bonchev–Trinajstić information content (AvgIpc) is 2.61. The number of carbonyl (C=O) groups excluding carboxylic acids is 2. The summed E-state index contributed by atoms with van der Waals surface area (Å²) in [5, 5.41) is 3.18. The molecule has 0 aliphatic carbocycles. The van der Waals surface area contributed by atoms with Gasteiger partial charge in [0.05, 0.1) is 12.6 Å². The van der Waals surface area contributed by atoms with Crippen molar-refractivity contribution in [2.24, 2.45) is 5.41 Å². The zero-order valence-corrected chi connectivity index (χ0v) is 16.6. The van der Waals surface area contributed by atoms with Gasteiger partial charge < -0.3 is 10.2 Å². The standard InChI is InChI=1S/C21H33N3O2/c1-5-9-18(17-10-7-6-8-11-17)22-19(25)16-23-12-14-24(15-13-23)20(26)21(2,3)4/h6-8,10-11,18H,5,9,12-16H2,1-4H3,(H,22,25). The SMILES string of the molecule is CCCC(NC(=O)CN1CCN(C(=O)C(C)(C)C)CC1)c1ccccc1. The van der Waals surface area contributed by atoms with Gasteiger partial charge in [-0.3, -0.25) is 14.5 Å². The molecule has 0 saturated carbocycles. The molecule has 5 heteroatoms. The van der Waals surface area contributed by atoms with Gasteiger partial charge in [-0.1, -0.05) is 64.4 Å². The molecule has 1 saturated heterocycles. The largest absolute Gasteiger partial charge is 0.348 e. The van der Waals surface area contributed by atoms with Crippen molar-refractivity contribution < 1.29 is 9.59 Å². The van der Waals surface area contributed by atoms with Crippen molar-refractivity contribution in [3.8, 4) is 0 Å². The molecule has 0 radical (unpaired) electrons. The minimum absolute atomic E-state index is 0.0582. The van der Waals surface area contributed by atoms with Crippen molar-refractivity contribution in [3.05, 3.63) is 35.9 Å². The summed E-state index contributed by atoms with van der Waals surface area (Å²) in [6.07, 6.45) is 1.96. The van der Waals surface area contributed by atoms with Crippen LogP contribution in [0.15, 0.2) is 30.3 Å². The number of amides is 2. The predicted octanol–water partition coefficient (Wildman–Crippen LogP) is 2.83. The molecule has 1 unspecified atom stereocenters. The number of carbonyl (C=O) groups is 2. The van der Waals surface area contributed by atoms with Crippen LogP contribution in [-0.4, -0.2) is 54.3 Å². The summed E-state index contributed by atoms with van der Waals surface area (Å²) in [7, 11) is 0. The highest BCUT2D eigenvalue weighted by atomic mass is 16.2. The van der Waals surface area contributed by atoms with E-state index in [2.05, 4.69) is 29.3 Å². The lowest BCUT2D eigenvalue weighted by Crippen LogP contribution is -2.53. The molecule has 0 bridgehead atoms. The maximum Gasteiger partial charge on any atom is 0.234 e. The Morgan fingerprint density at radius 1 is 1.08 bits per heavy atom. The van der Waals surface area contributed by atoms with Gasteiger partial charge in [-0.05, 0) is 12.0 Å². The Balaban J connectivity index is 1.84. The van der Waals surface area contributed by atoms with Gasteiger partial charge in [0.1, 0.15) is 0 Å². The van der Waals surface area contributed by atoms with Crippen LogP contribution in [-0.2, 0) is 9.59 Å². The van der Waals surface area contributed by atoms with Gasteiger partial charge in [-0.15, -0.1) is 0 Å². The third kappa shape index (κ3) is 5.84. The van der Waals surface area contributed by atoms with Crippen LogP contribution in [0, 0.1) is 5.41 Å². The summed E-state index contributed by atoms with van der Waals surface area (Å²) >= 11 is 0. The molecule has 1 aliphatic heterocycles. The molecule has 1 N–H and O–H groups in total. The van der Waals surface area contributed by atoms with Crippen molar-refractivity contribution in [1.82, 2.24) is 15.1 Å². The lowest BCUT2D eigenvalue weighted by Gasteiger charge is -2.37. The highest BCUT2D eigenvalue weighted by molar-refractivity contribution is 5.81. The predicted molar refractivity (Wildman–Crippen MR) is 105 cm³/mol. The van der Waals surface area contributed by atoms with Crippen LogP contribution < -0.4 is 5.32 Å². The van der Waals surface area contributed by atoms with Crippen molar-refractivity contribution in [2.45, 2.75) is 46.6 Å². The molecule has 2 amide bonds. The van der Waals surface area contributed by atoms with E-state index >= 15 is 0 Å². The second-order valence-electron chi connectivity index (χ2n) is 8.14. The van der Waals surface area contributed by atoms with E-state index < -0.39 is 0 Å². The minimum atomic E-state index is -0.345. The number of benzene rings is 1. The summed E-state index contributed by atoms with van der Waals surface area (Å²) in [6, 6.07) is 10.2. The van der Waals surface area contributed by atoms with Crippen LogP contribution in [0.2, 0.25) is 0 Å². The topological polar surface area (TPSA) is 52.7 Å². The first-order valence-corrected chi connectivity index (χ1v) is 9.67. The second-order valence-corrected chi connectivity index (χ2v) is 8.14. The first kappa shape index (κ1) is 20.4. The van der Waals surface area contributed by atoms with Gasteiger partial charge >= 0.3 is 0 Å². The fourth-order valence-corrected chi connectivity index (χ4v) is 3.32. The van der Waals surface area contributed by atoms with E-state index in [1.165, 1.54) is 0 Å². The molecular weight excluding hydrogens is 326 g/mol. The van der Waals surface area contributed by atoms with Crippen LogP contribution in [0.4, 0.5) is 0 Å². The van der Waals surface area contributed by atoms with E-state index in [0.717, 1.165) is 31.5 Å². The molecule has 144 valence electrons. The van der Waals surface area contributed by atoms with Crippen molar-refractivity contribution >= 4 is 11.8 Å². The minimum Gasteiger partial charge on any atom is -0.348 e. The van der Waals surface area contributed by atoms with Gasteiger partial charge in [0.15, 0.2) is 0 Å². The summed E-state index contributed by atoms with van der Waals surface area (Å²) < 4.78 is 0. The smallest absolute Gasteiger partial charge is 0.234 e. The molecule has 5 nitrogen and oxygen atoms in total. The molecule has 1 aromatic rings. The van der Waals surface area contributed by atoms with Gasteiger partial charge in [0.25, 0.3) is 0 Å². The number of hydrogen-bond donors (Lipinski definition) is 1. The fourth-order valence-electron chi connectivity index (χ4n) is 3.32. The van der Waals surface area contributed by atoms with Crippen molar-refractivity contribution in [3.63, 3.8) is 0 Å². The van der Waals surface area contributed by atoms with Gasteiger partial charge in [-0.2, -0.15) is 0 Å². The normalized spacial score (nSPS) is 17.0. The fraction of sp³-hybridized carbons (Fsp3) is 0.619. The number of piperazine rings is 1. The Bertz CT molecular complexity index is 587. The first-order chi connectivity index (χ1) is 12.3. The average molecular weight is 360 g/mol. The molecule has 1 aliphatic rings. The van der Waals surface area contributed by atoms with Crippen LogP contribution in [0.3, 0.4) is 0 Å². The third-order valence-electron chi connectivity index (χ3n) is 4.78. The Labute approximate surface area is 157 Å². The lowest BCUT2D eigenvalue weighted by molar-refractivity contribution is -0.141. The number of hydrogen-bond acceptors (Lipinski definition) is 3. The zero-order chi connectivity index (χ0) is 19.2. The second kappa shape index (κ2) is 9.17. The summed E-state index contributed by atoms with van der Waals surface area (Å²) in [6.45, 7) is 11.3. The molecular formula is C21H33N3O2. The van der Waals surface area contributed by atoms with E-state index in [0.29, 0.717) is 19.6 Å². The molecule has 2 rings (SSSR count). The van der Waals surface area contributed by atoms with E-state index in [9.17, 15) is 9.59 Å². The quantitative estimate of drug-likeness (QED) is 0.850. The van der Waals surface area contributed by atoms with Gasteiger partial charge in [-0.25, -0.2) is 0 Å². The van der Waals surface area contributed by atoms with Crippen LogP contribution >= 0.6 is 0 Å². The van der Waals surface area contributed by atoms with Gasteiger partial charge in [0, 0.05) is 31.6 Å². The maximum atomic E-state index is 12.5. The number of rotatable bonds is 6. The summed E-state index contributed by atoms with van der Waals surface area (Å²) in [5.74, 6) is 0.247. The number of nitrogens with zero attached hydrogens (tertiary/aromatic N) is 2. The molecule has 0 spiro atoms. The molecule has 1 atom stereocenters. The highest BCUT2D eigenvalue weighted by Crippen LogP contribution is 2.19.